The Labute approximate surface area is 148 Å². The van der Waals surface area contributed by atoms with E-state index in [1.807, 2.05) is 0 Å². The Bertz CT molecular complexity index is 674. The van der Waals surface area contributed by atoms with E-state index in [-0.39, 0.29) is 35.2 Å². The first-order valence-electron chi connectivity index (χ1n) is 7.15. The maximum absolute atomic E-state index is 12.2. The summed E-state index contributed by atoms with van der Waals surface area (Å²) in [4.78, 5) is 35.8. The molecular formula is C15H16Cl2N2O5. The van der Waals surface area contributed by atoms with Gasteiger partial charge in [0, 0.05) is 13.0 Å². The highest BCUT2D eigenvalue weighted by molar-refractivity contribution is 6.43. The standard InChI is InChI=1S/C15H16Cl2N2O5/c1-8(12(20)19-15(14(22)23)5-6-24-7-15)18-13(21)9-3-2-4-10(16)11(9)17/h2-4,8H,5-7H2,1H3,(H,18,21)(H,19,20)(H,22,23). The largest absolute Gasteiger partial charge is 0.479 e. The van der Waals surface area contributed by atoms with Gasteiger partial charge in [0.1, 0.15) is 6.04 Å². The monoisotopic (exact) mass is 374 g/mol. The van der Waals surface area contributed by atoms with Crippen LogP contribution in [0.5, 0.6) is 0 Å². The van der Waals surface area contributed by atoms with Crippen molar-refractivity contribution in [2.45, 2.75) is 24.9 Å². The van der Waals surface area contributed by atoms with Gasteiger partial charge in [-0.25, -0.2) is 4.79 Å². The Morgan fingerprint density at radius 3 is 2.62 bits per heavy atom. The van der Waals surface area contributed by atoms with Crippen molar-refractivity contribution >= 4 is 41.0 Å². The predicted molar refractivity (Wildman–Crippen MR) is 87.3 cm³/mol. The van der Waals surface area contributed by atoms with Crippen LogP contribution in [-0.2, 0) is 14.3 Å². The van der Waals surface area contributed by atoms with E-state index in [9.17, 15) is 19.5 Å². The van der Waals surface area contributed by atoms with Crippen molar-refractivity contribution in [1.29, 1.82) is 0 Å². The van der Waals surface area contributed by atoms with Crippen molar-refractivity contribution in [3.63, 3.8) is 0 Å². The highest BCUT2D eigenvalue weighted by Crippen LogP contribution is 2.25. The van der Waals surface area contributed by atoms with Gasteiger partial charge in [0.2, 0.25) is 5.91 Å². The maximum Gasteiger partial charge on any atom is 0.331 e. The Morgan fingerprint density at radius 1 is 1.33 bits per heavy atom. The molecular weight excluding hydrogens is 359 g/mol. The van der Waals surface area contributed by atoms with Crippen molar-refractivity contribution in [3.05, 3.63) is 33.8 Å². The lowest BCUT2D eigenvalue weighted by Crippen LogP contribution is -2.59. The van der Waals surface area contributed by atoms with E-state index < -0.39 is 29.4 Å². The molecule has 0 saturated carbocycles. The maximum atomic E-state index is 12.2. The van der Waals surface area contributed by atoms with Gasteiger partial charge < -0.3 is 20.5 Å². The van der Waals surface area contributed by atoms with Crippen molar-refractivity contribution in [2.24, 2.45) is 0 Å². The van der Waals surface area contributed by atoms with Crippen LogP contribution in [0, 0.1) is 0 Å². The van der Waals surface area contributed by atoms with Gasteiger partial charge in [-0.2, -0.15) is 0 Å². The van der Waals surface area contributed by atoms with Crippen LogP contribution in [0.4, 0.5) is 0 Å². The van der Waals surface area contributed by atoms with E-state index in [1.54, 1.807) is 6.07 Å². The summed E-state index contributed by atoms with van der Waals surface area (Å²) in [6.07, 6.45) is 0.162. The van der Waals surface area contributed by atoms with Crippen molar-refractivity contribution in [3.8, 4) is 0 Å². The second-order valence-electron chi connectivity index (χ2n) is 5.48. The van der Waals surface area contributed by atoms with Gasteiger partial charge in [0.05, 0.1) is 22.2 Å². The van der Waals surface area contributed by atoms with E-state index in [1.165, 1.54) is 19.1 Å². The third-order valence-corrected chi connectivity index (χ3v) is 4.55. The second-order valence-corrected chi connectivity index (χ2v) is 6.26. The molecule has 2 rings (SSSR count). The predicted octanol–water partition coefficient (Wildman–Crippen LogP) is 1.47. The normalized spacial score (nSPS) is 21.1. The van der Waals surface area contributed by atoms with Crippen molar-refractivity contribution < 1.29 is 24.2 Å². The molecule has 1 aromatic rings. The minimum absolute atomic E-state index is 0.0791. The minimum atomic E-state index is -1.47. The molecule has 9 heteroatoms. The molecule has 0 bridgehead atoms. The van der Waals surface area contributed by atoms with Gasteiger partial charge in [-0.15, -0.1) is 0 Å². The summed E-state index contributed by atoms with van der Waals surface area (Å²) in [6, 6.07) is 3.60. The van der Waals surface area contributed by atoms with Gasteiger partial charge in [0.25, 0.3) is 5.91 Å². The van der Waals surface area contributed by atoms with E-state index in [0.717, 1.165) is 0 Å². The molecule has 0 spiro atoms. The number of ether oxygens (including phenoxy) is 1. The molecule has 2 atom stereocenters. The molecule has 1 aliphatic heterocycles. The van der Waals surface area contributed by atoms with Crippen LogP contribution in [0.3, 0.4) is 0 Å². The zero-order chi connectivity index (χ0) is 17.9. The first-order chi connectivity index (χ1) is 11.3. The number of nitrogens with one attached hydrogen (secondary N) is 2. The number of hydrogen-bond donors (Lipinski definition) is 3. The number of carboxylic acids is 1. The molecule has 130 valence electrons. The summed E-state index contributed by atoms with van der Waals surface area (Å²) >= 11 is 11.8. The number of carbonyl (C=O) groups excluding carboxylic acids is 2. The summed E-state index contributed by atoms with van der Waals surface area (Å²) in [5.74, 6) is -2.39. The zero-order valence-electron chi connectivity index (χ0n) is 12.8. The fourth-order valence-corrected chi connectivity index (χ4v) is 2.64. The molecule has 1 aliphatic rings. The van der Waals surface area contributed by atoms with Gasteiger partial charge in [0.15, 0.2) is 5.54 Å². The molecule has 2 amide bonds. The van der Waals surface area contributed by atoms with Gasteiger partial charge in [-0.1, -0.05) is 29.3 Å². The van der Waals surface area contributed by atoms with E-state index >= 15 is 0 Å². The fourth-order valence-electron chi connectivity index (χ4n) is 2.25. The van der Waals surface area contributed by atoms with Crippen LogP contribution in [0.15, 0.2) is 18.2 Å². The molecule has 0 radical (unpaired) electrons. The summed E-state index contributed by atoms with van der Waals surface area (Å²) < 4.78 is 5.07. The lowest BCUT2D eigenvalue weighted by Gasteiger charge is -2.26. The average molecular weight is 375 g/mol. The Balaban J connectivity index is 2.05. The fraction of sp³-hybridized carbons (Fsp3) is 0.400. The van der Waals surface area contributed by atoms with Crippen LogP contribution in [0.1, 0.15) is 23.7 Å². The highest BCUT2D eigenvalue weighted by atomic mass is 35.5. The molecule has 1 aromatic carbocycles. The van der Waals surface area contributed by atoms with Crippen LogP contribution >= 0.6 is 23.2 Å². The molecule has 24 heavy (non-hydrogen) atoms. The Kier molecular flexibility index (Phi) is 5.69. The number of aliphatic carboxylic acids is 1. The SMILES string of the molecule is CC(NC(=O)c1cccc(Cl)c1Cl)C(=O)NC1(C(=O)O)CCOC1. The van der Waals surface area contributed by atoms with Gasteiger partial charge in [-0.3, -0.25) is 9.59 Å². The number of benzene rings is 1. The number of hydrogen-bond acceptors (Lipinski definition) is 4. The van der Waals surface area contributed by atoms with Crippen molar-refractivity contribution in [1.82, 2.24) is 10.6 Å². The molecule has 1 heterocycles. The lowest BCUT2D eigenvalue weighted by molar-refractivity contribution is -0.147. The summed E-state index contributed by atoms with van der Waals surface area (Å²) in [7, 11) is 0. The number of amides is 2. The quantitative estimate of drug-likeness (QED) is 0.723. The molecule has 1 saturated heterocycles. The summed E-state index contributed by atoms with van der Waals surface area (Å²) in [5, 5.41) is 14.5. The van der Waals surface area contributed by atoms with Gasteiger partial charge >= 0.3 is 5.97 Å². The Hall–Kier alpha value is -1.83. The van der Waals surface area contributed by atoms with E-state index in [0.29, 0.717) is 0 Å². The number of rotatable bonds is 5. The number of carbonyl (C=O) groups is 3. The third kappa shape index (κ3) is 3.80. The van der Waals surface area contributed by atoms with Crippen LogP contribution in [0.25, 0.3) is 0 Å². The highest BCUT2D eigenvalue weighted by Gasteiger charge is 2.44. The zero-order valence-corrected chi connectivity index (χ0v) is 14.3. The number of halogens is 2. The molecule has 3 N–H and O–H groups in total. The average Bonchev–Trinajstić information content (AvgIpc) is 2.99. The topological polar surface area (TPSA) is 105 Å². The van der Waals surface area contributed by atoms with Crippen LogP contribution in [-0.4, -0.2) is 47.7 Å². The summed E-state index contributed by atoms with van der Waals surface area (Å²) in [5.41, 5.74) is -1.34. The first-order valence-corrected chi connectivity index (χ1v) is 7.90. The van der Waals surface area contributed by atoms with E-state index in [4.69, 9.17) is 27.9 Å². The molecule has 0 aliphatic carbocycles. The van der Waals surface area contributed by atoms with Gasteiger partial charge in [-0.05, 0) is 19.1 Å². The molecule has 2 unspecified atom stereocenters. The smallest absolute Gasteiger partial charge is 0.331 e. The van der Waals surface area contributed by atoms with E-state index in [2.05, 4.69) is 10.6 Å². The van der Waals surface area contributed by atoms with Crippen LogP contribution in [0.2, 0.25) is 10.0 Å². The minimum Gasteiger partial charge on any atom is -0.479 e. The third-order valence-electron chi connectivity index (χ3n) is 3.73. The Morgan fingerprint density at radius 2 is 2.04 bits per heavy atom. The number of carboxylic acid groups (broad SMARTS) is 1. The molecule has 1 fully saturated rings. The lowest BCUT2D eigenvalue weighted by atomic mass is 9.98. The van der Waals surface area contributed by atoms with Crippen LogP contribution < -0.4 is 10.6 Å². The molecule has 7 nitrogen and oxygen atoms in total. The van der Waals surface area contributed by atoms with Crippen molar-refractivity contribution in [2.75, 3.05) is 13.2 Å². The second kappa shape index (κ2) is 7.38. The summed E-state index contributed by atoms with van der Waals surface area (Å²) in [6.45, 7) is 1.57. The first kappa shape index (κ1) is 18.5. The molecule has 0 aromatic heterocycles.